The highest BCUT2D eigenvalue weighted by Gasteiger charge is 2.34. The Morgan fingerprint density at radius 1 is 1.12 bits per heavy atom. The molecular formula is C15H14O2. The van der Waals surface area contributed by atoms with Crippen molar-refractivity contribution in [1.29, 1.82) is 1.43 Å². The molecule has 0 aromatic heterocycles. The van der Waals surface area contributed by atoms with Crippen LogP contribution < -0.4 is 4.74 Å². The number of hydrogen-bond donors (Lipinski definition) is 1. The first-order chi connectivity index (χ1) is 9.63. The van der Waals surface area contributed by atoms with Crippen molar-refractivity contribution in [1.82, 2.24) is 0 Å². The summed E-state index contributed by atoms with van der Waals surface area (Å²) in [7, 11) is 0. The smallest absolute Gasteiger partial charge is 0.210 e. The second-order valence-electron chi connectivity index (χ2n) is 4.08. The summed E-state index contributed by atoms with van der Waals surface area (Å²) in [6.45, 7) is -2.12. The number of hydrogen-bond acceptors (Lipinski definition) is 2. The van der Waals surface area contributed by atoms with Gasteiger partial charge in [0.2, 0.25) is 1.43 Å². The summed E-state index contributed by atoms with van der Waals surface area (Å²) < 4.78 is 28.8. The zero-order chi connectivity index (χ0) is 14.2. The first-order valence-electron chi connectivity index (χ1n) is 6.99. The molecule has 0 amide bonds. The van der Waals surface area contributed by atoms with E-state index in [1.807, 2.05) is 54.6 Å². The van der Waals surface area contributed by atoms with Crippen LogP contribution in [0.15, 0.2) is 54.6 Å². The predicted octanol–water partition coefficient (Wildman–Crippen LogP) is 2.90. The molecule has 1 N–H and O–H groups in total. The molecule has 3 rings (SSSR count). The van der Waals surface area contributed by atoms with E-state index in [0.29, 0.717) is 5.75 Å². The summed E-state index contributed by atoms with van der Waals surface area (Å²) in [6.07, 6.45) is -0.492. The molecule has 0 saturated heterocycles. The van der Waals surface area contributed by atoms with Crippen molar-refractivity contribution in [3.8, 4) is 5.75 Å². The second-order valence-corrected chi connectivity index (χ2v) is 4.08. The molecule has 1 aliphatic rings. The molecule has 17 heavy (non-hydrogen) atoms. The number of benzene rings is 2. The highest BCUT2D eigenvalue weighted by atomic mass is 16.5. The van der Waals surface area contributed by atoms with E-state index < -0.39 is 18.6 Å². The van der Waals surface area contributed by atoms with Crippen LogP contribution in [0.5, 0.6) is 5.75 Å². The van der Waals surface area contributed by atoms with Gasteiger partial charge in [0.05, 0.1) is 15.2 Å². The average molecular weight is 229 g/mol. The quantitative estimate of drug-likeness (QED) is 0.877. The lowest BCUT2D eigenvalue weighted by Gasteiger charge is -2.17. The molecule has 0 radical (unpaired) electrons. The van der Waals surface area contributed by atoms with Gasteiger partial charge in [-0.25, -0.2) is 0 Å². The largest absolute Gasteiger partial charge is 0.485 e. The molecule has 1 heterocycles. The normalized spacial score (nSPS) is 25.3. The van der Waals surface area contributed by atoms with Crippen molar-refractivity contribution < 1.29 is 12.6 Å². The van der Waals surface area contributed by atoms with Crippen LogP contribution in [0.3, 0.4) is 0 Å². The van der Waals surface area contributed by atoms with Gasteiger partial charge in [-0.2, -0.15) is 0 Å². The average Bonchev–Trinajstić information content (AvgIpc) is 2.88. The third-order valence-electron chi connectivity index (χ3n) is 3.07. The second kappa shape index (κ2) is 4.22. The van der Waals surface area contributed by atoms with Gasteiger partial charge >= 0.3 is 0 Å². The minimum Gasteiger partial charge on any atom is -0.485 e. The first kappa shape index (κ1) is 7.51. The zero-order valence-electron chi connectivity index (χ0n) is 12.2. The molecule has 2 aromatic carbocycles. The molecule has 86 valence electrons. The molecule has 2 aromatic rings. The van der Waals surface area contributed by atoms with Gasteiger partial charge in [0.25, 0.3) is 0 Å². The van der Waals surface area contributed by atoms with Crippen LogP contribution >= 0.6 is 0 Å². The third-order valence-corrected chi connectivity index (χ3v) is 3.07. The van der Waals surface area contributed by atoms with Crippen LogP contribution in [0.4, 0.5) is 0 Å². The van der Waals surface area contributed by atoms with Crippen molar-refractivity contribution >= 4 is 0 Å². The topological polar surface area (TPSA) is 29.5 Å². The number of ether oxygens (including phenoxy) is 1. The molecule has 2 nitrogen and oxygen atoms in total. The first-order valence-corrected chi connectivity index (χ1v) is 5.58. The van der Waals surface area contributed by atoms with Gasteiger partial charge in [0, 0.05) is 5.56 Å². The fourth-order valence-electron chi connectivity index (χ4n) is 2.24. The van der Waals surface area contributed by atoms with Gasteiger partial charge in [-0.05, 0) is 11.6 Å². The Morgan fingerprint density at radius 2 is 1.88 bits per heavy atom. The zero-order valence-corrected chi connectivity index (χ0v) is 9.17. The summed E-state index contributed by atoms with van der Waals surface area (Å²) >= 11 is 0. The van der Waals surface area contributed by atoms with Crippen molar-refractivity contribution in [2.75, 3.05) is 6.56 Å². The Hall–Kier alpha value is -1.80. The molecule has 0 saturated carbocycles. The van der Waals surface area contributed by atoms with E-state index in [0.717, 1.165) is 11.1 Å². The van der Waals surface area contributed by atoms with E-state index in [-0.39, 0.29) is 0 Å². The molecule has 1 aliphatic heterocycles. The summed E-state index contributed by atoms with van der Waals surface area (Å²) in [5, 5.41) is 4.33. The summed E-state index contributed by atoms with van der Waals surface area (Å²) in [5.74, 6) is -0.0223. The summed E-state index contributed by atoms with van der Waals surface area (Å²) in [4.78, 5) is 0. The lowest BCUT2D eigenvalue weighted by Crippen LogP contribution is -2.13. The SMILES string of the molecule is [2H]OC([2H])([2H])[C@@H]1c2ccccc2O[C@H]1c1ccccc1. The molecule has 2 heteroatoms. The predicted molar refractivity (Wildman–Crippen MR) is 66.1 cm³/mol. The van der Waals surface area contributed by atoms with Crippen molar-refractivity contribution in [2.24, 2.45) is 0 Å². The Labute approximate surface area is 105 Å². The van der Waals surface area contributed by atoms with Crippen molar-refractivity contribution in [2.45, 2.75) is 12.0 Å². The number of aliphatic hydroxyl groups is 1. The minimum atomic E-state index is -2.12. The Kier molecular flexibility index (Phi) is 1.87. The third kappa shape index (κ3) is 1.71. The van der Waals surface area contributed by atoms with Gasteiger partial charge in [0.15, 0.2) is 0 Å². The number of para-hydroxylation sites is 1. The fraction of sp³-hybridized carbons (Fsp3) is 0.200. The highest BCUT2D eigenvalue weighted by molar-refractivity contribution is 5.43. The maximum atomic E-state index is 7.96. The van der Waals surface area contributed by atoms with Crippen LogP contribution in [0.25, 0.3) is 0 Å². The summed E-state index contributed by atoms with van der Waals surface area (Å²) in [6, 6.07) is 16.8. The molecule has 0 fully saturated rings. The number of rotatable bonds is 3. The Morgan fingerprint density at radius 3 is 2.71 bits per heavy atom. The van der Waals surface area contributed by atoms with E-state index in [4.69, 9.17) is 8.91 Å². The monoisotopic (exact) mass is 229 g/mol. The van der Waals surface area contributed by atoms with Crippen LogP contribution in [0.1, 0.15) is 25.9 Å². The van der Waals surface area contributed by atoms with E-state index in [2.05, 4.69) is 5.11 Å². The van der Waals surface area contributed by atoms with Crippen LogP contribution in [0, 0.1) is 0 Å². The van der Waals surface area contributed by atoms with Gasteiger partial charge in [-0.3, -0.25) is 0 Å². The van der Waals surface area contributed by atoms with Crippen LogP contribution in [-0.2, 0) is 0 Å². The standard InChI is InChI=1S/C15H14O2/c16-10-13-12-8-4-5-9-14(12)17-15(13)11-6-2-1-3-7-11/h1-9,13,15-16H,10H2/t13-,15+/m1/s1/i10D2,16D. The van der Waals surface area contributed by atoms with Crippen molar-refractivity contribution in [3.05, 3.63) is 65.7 Å². The van der Waals surface area contributed by atoms with Crippen molar-refractivity contribution in [3.63, 3.8) is 0 Å². The molecule has 0 aliphatic carbocycles. The van der Waals surface area contributed by atoms with Gasteiger partial charge in [-0.1, -0.05) is 48.5 Å². The van der Waals surface area contributed by atoms with Crippen LogP contribution in [-0.4, -0.2) is 13.1 Å². The van der Waals surface area contributed by atoms with Gasteiger partial charge < -0.3 is 9.85 Å². The van der Waals surface area contributed by atoms with Gasteiger partial charge in [-0.15, -0.1) is 0 Å². The maximum Gasteiger partial charge on any atom is 0.210 e. The maximum absolute atomic E-state index is 7.96. The lowest BCUT2D eigenvalue weighted by molar-refractivity contribution is 0.160. The summed E-state index contributed by atoms with van der Waals surface area (Å²) in [5.41, 5.74) is 1.60. The Bertz CT molecular complexity index is 601. The molecule has 0 unspecified atom stereocenters. The molecular weight excluding hydrogens is 212 g/mol. The van der Waals surface area contributed by atoms with E-state index in [9.17, 15) is 0 Å². The Balaban J connectivity index is 2.08. The van der Waals surface area contributed by atoms with E-state index in [1.54, 1.807) is 0 Å². The highest BCUT2D eigenvalue weighted by Crippen LogP contribution is 2.45. The molecule has 0 bridgehead atoms. The van der Waals surface area contributed by atoms with E-state index in [1.165, 1.54) is 0 Å². The van der Waals surface area contributed by atoms with Gasteiger partial charge in [0.1, 0.15) is 11.9 Å². The minimum absolute atomic E-state index is 0.492. The number of fused-ring (bicyclic) bond motifs is 1. The fourth-order valence-corrected chi connectivity index (χ4v) is 2.24. The molecule has 2 atom stereocenters. The molecule has 0 spiro atoms. The lowest BCUT2D eigenvalue weighted by atomic mass is 9.92. The van der Waals surface area contributed by atoms with E-state index >= 15 is 0 Å². The van der Waals surface area contributed by atoms with Crippen LogP contribution in [0.2, 0.25) is 0 Å².